The lowest BCUT2D eigenvalue weighted by Crippen LogP contribution is -2.33. The first-order valence-corrected chi connectivity index (χ1v) is 5.24. The predicted molar refractivity (Wildman–Crippen MR) is 59.8 cm³/mol. The minimum Gasteiger partial charge on any atom is -0.380 e. The molecule has 0 spiro atoms. The SMILES string of the molecule is COC(CN)CC(=O)NCCc1ncc[nH]1. The molecule has 6 nitrogen and oxygen atoms in total. The van der Waals surface area contributed by atoms with Crippen molar-refractivity contribution in [2.75, 3.05) is 20.2 Å². The van der Waals surface area contributed by atoms with Crippen molar-refractivity contribution in [1.29, 1.82) is 0 Å². The van der Waals surface area contributed by atoms with E-state index in [0.717, 1.165) is 5.82 Å². The second-order valence-corrected chi connectivity index (χ2v) is 3.43. The summed E-state index contributed by atoms with van der Waals surface area (Å²) in [4.78, 5) is 18.4. The molecular formula is C10H18N4O2. The van der Waals surface area contributed by atoms with Gasteiger partial charge >= 0.3 is 0 Å². The van der Waals surface area contributed by atoms with Gasteiger partial charge in [0.2, 0.25) is 5.91 Å². The molecule has 0 fully saturated rings. The normalized spacial score (nSPS) is 12.4. The Morgan fingerprint density at radius 2 is 2.56 bits per heavy atom. The molecule has 0 aromatic carbocycles. The van der Waals surface area contributed by atoms with E-state index in [2.05, 4.69) is 15.3 Å². The van der Waals surface area contributed by atoms with Gasteiger partial charge in [-0.25, -0.2) is 4.98 Å². The zero-order chi connectivity index (χ0) is 11.8. The summed E-state index contributed by atoms with van der Waals surface area (Å²) in [5.74, 6) is 0.811. The van der Waals surface area contributed by atoms with E-state index in [1.807, 2.05) is 0 Å². The number of carbonyl (C=O) groups excluding carboxylic acids is 1. The Morgan fingerprint density at radius 3 is 3.12 bits per heavy atom. The molecule has 1 aromatic rings. The summed E-state index contributed by atoms with van der Waals surface area (Å²) in [6, 6.07) is 0. The van der Waals surface area contributed by atoms with Crippen LogP contribution in [0.15, 0.2) is 12.4 Å². The number of hydrogen-bond donors (Lipinski definition) is 3. The number of H-pyrrole nitrogens is 1. The topological polar surface area (TPSA) is 93.0 Å². The zero-order valence-electron chi connectivity index (χ0n) is 9.40. The van der Waals surface area contributed by atoms with Crippen LogP contribution in [0.1, 0.15) is 12.2 Å². The van der Waals surface area contributed by atoms with Crippen LogP contribution in [0.5, 0.6) is 0 Å². The Morgan fingerprint density at radius 1 is 1.75 bits per heavy atom. The highest BCUT2D eigenvalue weighted by Crippen LogP contribution is 1.94. The summed E-state index contributed by atoms with van der Waals surface area (Å²) in [6.07, 6.45) is 4.23. The van der Waals surface area contributed by atoms with Gasteiger partial charge in [-0.1, -0.05) is 0 Å². The lowest BCUT2D eigenvalue weighted by molar-refractivity contribution is -0.123. The molecule has 16 heavy (non-hydrogen) atoms. The van der Waals surface area contributed by atoms with Crippen molar-refractivity contribution in [3.05, 3.63) is 18.2 Å². The molecule has 0 saturated carbocycles. The minimum atomic E-state index is -0.205. The molecule has 0 bridgehead atoms. The number of methoxy groups -OCH3 is 1. The molecule has 0 aliphatic rings. The number of ether oxygens (including phenoxy) is 1. The Hall–Kier alpha value is -1.40. The molecule has 6 heteroatoms. The average Bonchev–Trinajstić information content (AvgIpc) is 2.79. The number of aromatic nitrogens is 2. The summed E-state index contributed by atoms with van der Waals surface area (Å²) < 4.78 is 5.02. The number of aromatic amines is 1. The molecule has 1 aromatic heterocycles. The summed E-state index contributed by atoms with van der Waals surface area (Å²) in [5.41, 5.74) is 5.42. The second-order valence-electron chi connectivity index (χ2n) is 3.43. The first-order chi connectivity index (χ1) is 7.76. The van der Waals surface area contributed by atoms with Gasteiger partial charge in [0.1, 0.15) is 5.82 Å². The van der Waals surface area contributed by atoms with Crippen LogP contribution < -0.4 is 11.1 Å². The smallest absolute Gasteiger partial charge is 0.222 e. The zero-order valence-corrected chi connectivity index (χ0v) is 9.40. The van der Waals surface area contributed by atoms with E-state index in [1.165, 1.54) is 0 Å². The maximum absolute atomic E-state index is 11.4. The number of nitrogens with two attached hydrogens (primary N) is 1. The van der Waals surface area contributed by atoms with Gasteiger partial charge in [0, 0.05) is 39.0 Å². The molecule has 0 aliphatic heterocycles. The Labute approximate surface area is 94.6 Å². The van der Waals surface area contributed by atoms with Gasteiger partial charge in [-0.3, -0.25) is 4.79 Å². The van der Waals surface area contributed by atoms with Crippen LogP contribution in [-0.4, -0.2) is 42.2 Å². The van der Waals surface area contributed by atoms with Crippen molar-refractivity contribution in [3.63, 3.8) is 0 Å². The van der Waals surface area contributed by atoms with E-state index in [1.54, 1.807) is 19.5 Å². The van der Waals surface area contributed by atoms with E-state index < -0.39 is 0 Å². The Kier molecular flexibility index (Phi) is 5.52. The molecule has 4 N–H and O–H groups in total. The minimum absolute atomic E-state index is 0.0520. The fourth-order valence-corrected chi connectivity index (χ4v) is 1.30. The maximum atomic E-state index is 11.4. The molecule has 1 amide bonds. The molecule has 90 valence electrons. The third-order valence-electron chi connectivity index (χ3n) is 2.25. The van der Waals surface area contributed by atoms with Crippen molar-refractivity contribution in [2.45, 2.75) is 18.9 Å². The maximum Gasteiger partial charge on any atom is 0.222 e. The average molecular weight is 226 g/mol. The number of rotatable bonds is 7. The lowest BCUT2D eigenvalue weighted by Gasteiger charge is -2.12. The van der Waals surface area contributed by atoms with Crippen LogP contribution in [-0.2, 0) is 16.0 Å². The standard InChI is InChI=1S/C10H18N4O2/c1-16-8(7-11)6-10(15)14-3-2-9-12-4-5-13-9/h4-5,8H,2-3,6-7,11H2,1H3,(H,12,13)(H,14,15). The predicted octanol–water partition coefficient (Wildman–Crippen LogP) is -0.568. The largest absolute Gasteiger partial charge is 0.380 e. The Balaban J connectivity index is 2.15. The number of nitrogens with zero attached hydrogens (tertiary/aromatic N) is 1. The molecule has 0 saturated heterocycles. The lowest BCUT2D eigenvalue weighted by atomic mass is 10.2. The summed E-state index contributed by atoms with van der Waals surface area (Å²) in [5, 5.41) is 2.79. The molecule has 1 unspecified atom stereocenters. The third kappa shape index (κ3) is 4.41. The van der Waals surface area contributed by atoms with E-state index in [-0.39, 0.29) is 12.0 Å². The van der Waals surface area contributed by atoms with Crippen molar-refractivity contribution in [3.8, 4) is 0 Å². The van der Waals surface area contributed by atoms with Crippen molar-refractivity contribution < 1.29 is 9.53 Å². The van der Waals surface area contributed by atoms with Crippen molar-refractivity contribution in [2.24, 2.45) is 5.73 Å². The number of imidazole rings is 1. The monoisotopic (exact) mass is 226 g/mol. The first kappa shape index (κ1) is 12.7. The van der Waals surface area contributed by atoms with Crippen LogP contribution in [0.25, 0.3) is 0 Å². The van der Waals surface area contributed by atoms with Crippen LogP contribution in [0, 0.1) is 0 Å². The summed E-state index contributed by atoms with van der Waals surface area (Å²) in [6.45, 7) is 0.912. The van der Waals surface area contributed by atoms with Gasteiger partial charge in [0.15, 0.2) is 0 Å². The number of nitrogens with one attached hydrogen (secondary N) is 2. The van der Waals surface area contributed by atoms with E-state index in [9.17, 15) is 4.79 Å². The van der Waals surface area contributed by atoms with Gasteiger partial charge < -0.3 is 20.8 Å². The number of carbonyl (C=O) groups is 1. The van der Waals surface area contributed by atoms with Crippen LogP contribution in [0.3, 0.4) is 0 Å². The number of hydrogen-bond acceptors (Lipinski definition) is 4. The van der Waals surface area contributed by atoms with Crippen molar-refractivity contribution >= 4 is 5.91 Å². The summed E-state index contributed by atoms with van der Waals surface area (Å²) >= 11 is 0. The Bertz CT molecular complexity index is 296. The third-order valence-corrected chi connectivity index (χ3v) is 2.25. The number of amides is 1. The highest BCUT2D eigenvalue weighted by Gasteiger charge is 2.10. The van der Waals surface area contributed by atoms with E-state index in [0.29, 0.717) is 25.9 Å². The molecular weight excluding hydrogens is 208 g/mol. The first-order valence-electron chi connectivity index (χ1n) is 5.24. The molecule has 0 radical (unpaired) electrons. The van der Waals surface area contributed by atoms with Gasteiger partial charge in [-0.15, -0.1) is 0 Å². The second kappa shape index (κ2) is 6.97. The van der Waals surface area contributed by atoms with Gasteiger partial charge in [0.05, 0.1) is 12.5 Å². The van der Waals surface area contributed by atoms with Crippen LogP contribution >= 0.6 is 0 Å². The highest BCUT2D eigenvalue weighted by atomic mass is 16.5. The van der Waals surface area contributed by atoms with E-state index in [4.69, 9.17) is 10.5 Å². The fourth-order valence-electron chi connectivity index (χ4n) is 1.30. The van der Waals surface area contributed by atoms with E-state index >= 15 is 0 Å². The quantitative estimate of drug-likeness (QED) is 0.580. The van der Waals surface area contributed by atoms with Gasteiger partial charge in [0.25, 0.3) is 0 Å². The molecule has 0 aliphatic carbocycles. The molecule has 1 rings (SSSR count). The summed E-state index contributed by atoms with van der Waals surface area (Å²) in [7, 11) is 1.55. The highest BCUT2D eigenvalue weighted by molar-refractivity contribution is 5.76. The van der Waals surface area contributed by atoms with Crippen LogP contribution in [0.4, 0.5) is 0 Å². The van der Waals surface area contributed by atoms with Crippen molar-refractivity contribution in [1.82, 2.24) is 15.3 Å². The van der Waals surface area contributed by atoms with Gasteiger partial charge in [-0.05, 0) is 0 Å². The van der Waals surface area contributed by atoms with Gasteiger partial charge in [-0.2, -0.15) is 0 Å². The van der Waals surface area contributed by atoms with Crippen LogP contribution in [0.2, 0.25) is 0 Å². The molecule has 1 heterocycles. The fraction of sp³-hybridized carbons (Fsp3) is 0.600. The molecule has 1 atom stereocenters.